The number of hydrogen-bond acceptors (Lipinski definition) is 2. The first-order valence-corrected chi connectivity index (χ1v) is 13.7. The largest absolute Gasteiger partial charge is 0.497 e. The average molecular weight is 532 g/mol. The summed E-state index contributed by atoms with van der Waals surface area (Å²) in [6.45, 7) is 0. The van der Waals surface area contributed by atoms with E-state index in [1.807, 2.05) is 48.5 Å². The fraction of sp³-hybridized carbons (Fsp3) is 0.0256. The molecule has 0 radical (unpaired) electrons. The van der Waals surface area contributed by atoms with E-state index in [0.717, 1.165) is 33.9 Å². The Bertz CT molecular complexity index is 1530. The van der Waals surface area contributed by atoms with Gasteiger partial charge in [0.05, 0.1) is 7.11 Å². The summed E-state index contributed by atoms with van der Waals surface area (Å²) in [5, 5.41) is 0. The van der Waals surface area contributed by atoms with Crippen LogP contribution in [0.4, 0.5) is 17.1 Å². The molecule has 0 heterocycles. The van der Waals surface area contributed by atoms with Crippen LogP contribution in [0.25, 0.3) is 24.3 Å². The van der Waals surface area contributed by atoms with Crippen LogP contribution in [-0.2, 0) is 0 Å². The SMILES string of the molecule is COc1cccc(N(c2ccc(C=CC=Cc3ccccc3)cc2)c2ccc(C=CC=Cc3ccccc3)cc2)c1. The summed E-state index contributed by atoms with van der Waals surface area (Å²) in [6, 6.07) is 46.0. The van der Waals surface area contributed by atoms with Gasteiger partial charge in [0.25, 0.3) is 0 Å². The summed E-state index contributed by atoms with van der Waals surface area (Å²) in [4.78, 5) is 2.24. The lowest BCUT2D eigenvalue weighted by atomic mass is 10.1. The number of anilines is 3. The highest BCUT2D eigenvalue weighted by Crippen LogP contribution is 2.36. The number of rotatable bonds is 10. The van der Waals surface area contributed by atoms with Gasteiger partial charge in [-0.15, -0.1) is 0 Å². The number of ether oxygens (including phenoxy) is 1. The zero-order chi connectivity index (χ0) is 28.1. The van der Waals surface area contributed by atoms with Crippen molar-refractivity contribution in [3.8, 4) is 5.75 Å². The van der Waals surface area contributed by atoms with Gasteiger partial charge in [-0.25, -0.2) is 0 Å². The number of nitrogens with zero attached hydrogens (tertiary/aromatic N) is 1. The van der Waals surface area contributed by atoms with Gasteiger partial charge in [-0.2, -0.15) is 0 Å². The smallest absolute Gasteiger partial charge is 0.120 e. The van der Waals surface area contributed by atoms with Crippen LogP contribution in [0.2, 0.25) is 0 Å². The van der Waals surface area contributed by atoms with Crippen molar-refractivity contribution in [2.24, 2.45) is 0 Å². The third-order valence-corrected chi connectivity index (χ3v) is 6.59. The number of methoxy groups -OCH3 is 1. The summed E-state index contributed by atoms with van der Waals surface area (Å²) in [5.41, 5.74) is 7.83. The maximum Gasteiger partial charge on any atom is 0.120 e. The first-order valence-electron chi connectivity index (χ1n) is 13.7. The summed E-state index contributed by atoms with van der Waals surface area (Å²) in [5.74, 6) is 0.821. The molecule has 0 saturated carbocycles. The molecule has 0 aliphatic rings. The van der Waals surface area contributed by atoms with Crippen LogP contribution in [-0.4, -0.2) is 7.11 Å². The van der Waals surface area contributed by atoms with E-state index in [2.05, 4.69) is 138 Å². The topological polar surface area (TPSA) is 12.5 Å². The van der Waals surface area contributed by atoms with Gasteiger partial charge >= 0.3 is 0 Å². The minimum Gasteiger partial charge on any atom is -0.497 e. The quantitative estimate of drug-likeness (QED) is 0.166. The third kappa shape index (κ3) is 7.84. The fourth-order valence-corrected chi connectivity index (χ4v) is 4.46. The van der Waals surface area contributed by atoms with E-state index in [0.29, 0.717) is 0 Å². The van der Waals surface area contributed by atoms with E-state index >= 15 is 0 Å². The van der Waals surface area contributed by atoms with E-state index < -0.39 is 0 Å². The Morgan fingerprint density at radius 1 is 0.415 bits per heavy atom. The van der Waals surface area contributed by atoms with E-state index in [-0.39, 0.29) is 0 Å². The van der Waals surface area contributed by atoms with E-state index in [9.17, 15) is 0 Å². The zero-order valence-corrected chi connectivity index (χ0v) is 23.2. The Labute approximate surface area is 243 Å². The average Bonchev–Trinajstić information content (AvgIpc) is 3.04. The second-order valence-electron chi connectivity index (χ2n) is 9.48. The molecule has 0 aromatic heterocycles. The molecule has 0 amide bonds. The molecule has 5 rings (SSSR count). The van der Waals surface area contributed by atoms with Crippen LogP contribution in [0.1, 0.15) is 22.3 Å². The predicted molar refractivity (Wildman–Crippen MR) is 177 cm³/mol. The van der Waals surface area contributed by atoms with Crippen molar-refractivity contribution in [2.75, 3.05) is 12.0 Å². The van der Waals surface area contributed by atoms with Crippen LogP contribution in [0.15, 0.2) is 158 Å². The van der Waals surface area contributed by atoms with Crippen LogP contribution in [0.3, 0.4) is 0 Å². The van der Waals surface area contributed by atoms with Gasteiger partial charge in [0.2, 0.25) is 0 Å². The molecule has 0 aliphatic carbocycles. The van der Waals surface area contributed by atoms with Crippen molar-refractivity contribution in [1.82, 2.24) is 0 Å². The molecule has 2 heteroatoms. The standard InChI is InChI=1S/C39H33NO/c1-41-39-22-12-21-38(31-39)40(36-27-23-34(24-28-36)19-10-8-17-32-13-4-2-5-14-32)37-29-25-35(26-30-37)20-11-9-18-33-15-6-3-7-16-33/h2-31H,1H3. The molecule has 2 nitrogen and oxygen atoms in total. The molecule has 0 bridgehead atoms. The summed E-state index contributed by atoms with van der Waals surface area (Å²) < 4.78 is 5.53. The highest BCUT2D eigenvalue weighted by atomic mass is 16.5. The zero-order valence-electron chi connectivity index (χ0n) is 23.2. The van der Waals surface area contributed by atoms with Crippen LogP contribution >= 0.6 is 0 Å². The van der Waals surface area contributed by atoms with E-state index in [1.165, 1.54) is 11.1 Å². The molecular formula is C39H33NO. The molecule has 200 valence electrons. The Balaban J connectivity index is 1.35. The molecule has 41 heavy (non-hydrogen) atoms. The summed E-state index contributed by atoms with van der Waals surface area (Å²) >= 11 is 0. The summed E-state index contributed by atoms with van der Waals surface area (Å²) in [6.07, 6.45) is 16.7. The molecule has 0 N–H and O–H groups in total. The highest BCUT2D eigenvalue weighted by molar-refractivity contribution is 5.78. The Morgan fingerprint density at radius 2 is 0.829 bits per heavy atom. The van der Waals surface area contributed by atoms with Crippen molar-refractivity contribution in [3.05, 3.63) is 180 Å². The second kappa shape index (κ2) is 14.2. The van der Waals surface area contributed by atoms with Crippen molar-refractivity contribution in [3.63, 3.8) is 0 Å². The Kier molecular flexibility index (Phi) is 9.41. The lowest BCUT2D eigenvalue weighted by Crippen LogP contribution is -2.10. The van der Waals surface area contributed by atoms with Crippen LogP contribution < -0.4 is 9.64 Å². The van der Waals surface area contributed by atoms with E-state index in [1.54, 1.807) is 7.11 Å². The molecule has 5 aromatic carbocycles. The minimum absolute atomic E-state index is 0.821. The molecular weight excluding hydrogens is 498 g/mol. The van der Waals surface area contributed by atoms with Crippen molar-refractivity contribution >= 4 is 41.4 Å². The second-order valence-corrected chi connectivity index (χ2v) is 9.48. The lowest BCUT2D eigenvalue weighted by molar-refractivity contribution is 0.415. The maximum absolute atomic E-state index is 5.53. The predicted octanol–water partition coefficient (Wildman–Crippen LogP) is 10.6. The Hall–Kier alpha value is -5.34. The number of allylic oxidation sites excluding steroid dienone is 4. The van der Waals surface area contributed by atoms with Gasteiger partial charge in [-0.05, 0) is 58.7 Å². The molecule has 0 spiro atoms. The number of hydrogen-bond donors (Lipinski definition) is 0. The van der Waals surface area contributed by atoms with Gasteiger partial charge in [0, 0.05) is 23.1 Å². The minimum atomic E-state index is 0.821. The van der Waals surface area contributed by atoms with Gasteiger partial charge < -0.3 is 9.64 Å². The monoisotopic (exact) mass is 531 g/mol. The van der Waals surface area contributed by atoms with Gasteiger partial charge in [-0.1, -0.05) is 140 Å². The summed E-state index contributed by atoms with van der Waals surface area (Å²) in [7, 11) is 1.70. The van der Waals surface area contributed by atoms with Crippen LogP contribution in [0, 0.1) is 0 Å². The Morgan fingerprint density at radius 3 is 1.24 bits per heavy atom. The molecule has 0 unspecified atom stereocenters. The van der Waals surface area contributed by atoms with Crippen molar-refractivity contribution in [1.29, 1.82) is 0 Å². The number of benzene rings is 5. The third-order valence-electron chi connectivity index (χ3n) is 6.59. The maximum atomic E-state index is 5.53. The van der Waals surface area contributed by atoms with Gasteiger partial charge in [0.1, 0.15) is 5.75 Å². The fourth-order valence-electron chi connectivity index (χ4n) is 4.46. The molecule has 5 aromatic rings. The molecule has 0 aliphatic heterocycles. The van der Waals surface area contributed by atoms with Crippen LogP contribution in [0.5, 0.6) is 5.75 Å². The van der Waals surface area contributed by atoms with Gasteiger partial charge in [0.15, 0.2) is 0 Å². The first kappa shape index (κ1) is 27.2. The van der Waals surface area contributed by atoms with Crippen molar-refractivity contribution in [2.45, 2.75) is 0 Å². The first-order chi connectivity index (χ1) is 20.3. The molecule has 0 saturated heterocycles. The lowest BCUT2D eigenvalue weighted by Gasteiger charge is -2.26. The molecule has 0 atom stereocenters. The molecule has 0 fully saturated rings. The van der Waals surface area contributed by atoms with Gasteiger partial charge in [-0.3, -0.25) is 0 Å². The van der Waals surface area contributed by atoms with E-state index in [4.69, 9.17) is 4.74 Å². The highest BCUT2D eigenvalue weighted by Gasteiger charge is 2.13. The van der Waals surface area contributed by atoms with Crippen molar-refractivity contribution < 1.29 is 4.74 Å². The normalized spacial score (nSPS) is 11.6.